The van der Waals surface area contributed by atoms with Crippen LogP contribution < -0.4 is 19.3 Å². The smallest absolute Gasteiger partial charge is 0.416 e. The van der Waals surface area contributed by atoms with Crippen LogP contribution >= 0.6 is 0 Å². The van der Waals surface area contributed by atoms with Crippen LogP contribution in [0, 0.1) is 13.8 Å². The fourth-order valence-electron chi connectivity index (χ4n) is 9.62. The van der Waals surface area contributed by atoms with Crippen LogP contribution in [0.5, 0.6) is 11.5 Å². The molecule has 0 radical (unpaired) electrons. The number of ketones is 1. The Morgan fingerprint density at radius 3 is 1.42 bits per heavy atom. The van der Waals surface area contributed by atoms with Gasteiger partial charge in [0.2, 0.25) is 0 Å². The third kappa shape index (κ3) is 11.3. The lowest BCUT2D eigenvalue weighted by Crippen LogP contribution is -2.56. The molecule has 4 aliphatic rings. The zero-order valence-corrected chi connectivity index (χ0v) is 41.4. The van der Waals surface area contributed by atoms with E-state index in [1.54, 1.807) is 41.0 Å². The van der Waals surface area contributed by atoms with Crippen molar-refractivity contribution in [2.45, 2.75) is 96.9 Å². The monoisotopic (exact) mass is 986 g/mol. The predicted octanol–water partition coefficient (Wildman–Crippen LogP) is 8.35. The van der Waals surface area contributed by atoms with E-state index in [-0.39, 0.29) is 43.8 Å². The number of ether oxygens (including phenoxy) is 6. The standard InChI is InChI=1S/C28H32N2O6.C27H30N2O7/c1-5-12-36-28(33)30-23-16-25(35-13-8-9-19(3)31)18(2)14-22(23)26(32)29-17-21-11-7-6-10-20(21)15-24(29)27(30)34-4;1-4-11-36-27(33)29-21-15-23(35-12-7-10-24(30)31)17(2)13-20(21)25(32)28-16-19-9-6-5-8-18(19)14-22(28)26(29)34-3/h5-7,10-11,14,16,24,27H,1,8-9,12-13,15,17H2,2-4H3;4-6,8-9,13,15,22,26H,1,7,10-12,14,16H2,2-3H3,(H,30,31)/t24-,27?;22-,26?/m00/s1. The summed E-state index contributed by atoms with van der Waals surface area (Å²) in [5.74, 6) is -0.224. The van der Waals surface area contributed by atoms with Gasteiger partial charge in [0.25, 0.3) is 11.8 Å². The van der Waals surface area contributed by atoms with Crippen LogP contribution in [0.15, 0.2) is 98.1 Å². The van der Waals surface area contributed by atoms with Crippen molar-refractivity contribution in [2.24, 2.45) is 0 Å². The number of aliphatic carboxylic acids is 1. The third-order valence-electron chi connectivity index (χ3n) is 13.1. The first-order chi connectivity index (χ1) is 34.7. The highest BCUT2D eigenvalue weighted by molar-refractivity contribution is 6.07. The number of Topliss-reactive ketones (excluding diaryl/α,β-unsaturated/α-hetero) is 1. The molecule has 380 valence electrons. The van der Waals surface area contributed by atoms with E-state index in [0.717, 1.165) is 27.8 Å². The van der Waals surface area contributed by atoms with Gasteiger partial charge in [0.05, 0.1) is 47.8 Å². The molecule has 4 aliphatic heterocycles. The molecule has 0 aromatic heterocycles. The minimum Gasteiger partial charge on any atom is -0.493 e. The van der Waals surface area contributed by atoms with E-state index in [9.17, 15) is 28.8 Å². The van der Waals surface area contributed by atoms with E-state index in [0.29, 0.717) is 91.4 Å². The molecule has 72 heavy (non-hydrogen) atoms. The summed E-state index contributed by atoms with van der Waals surface area (Å²) < 4.78 is 34.4. The van der Waals surface area contributed by atoms with Gasteiger partial charge in [-0.3, -0.25) is 14.4 Å². The predicted molar refractivity (Wildman–Crippen MR) is 267 cm³/mol. The maximum Gasteiger partial charge on any atom is 0.416 e. The average molecular weight is 987 g/mol. The zero-order chi connectivity index (χ0) is 51.6. The fraction of sp³-hybridized carbons (Fsp3) is 0.382. The zero-order valence-electron chi connectivity index (χ0n) is 41.4. The molecule has 4 aromatic rings. The largest absolute Gasteiger partial charge is 0.493 e. The van der Waals surface area contributed by atoms with Crippen molar-refractivity contribution in [1.29, 1.82) is 0 Å². The Labute approximate surface area is 419 Å². The lowest BCUT2D eigenvalue weighted by atomic mass is 9.92. The molecule has 0 aliphatic carbocycles. The van der Waals surface area contributed by atoms with Crippen LogP contribution in [0.2, 0.25) is 0 Å². The molecule has 0 bridgehead atoms. The summed E-state index contributed by atoms with van der Waals surface area (Å²) in [5, 5.41) is 8.90. The normalized spacial score (nSPS) is 18.5. The van der Waals surface area contributed by atoms with Crippen molar-refractivity contribution in [2.75, 3.05) is 50.4 Å². The number of anilines is 2. The Hall–Kier alpha value is -7.50. The number of nitrogens with zero attached hydrogens (tertiary/aromatic N) is 4. The van der Waals surface area contributed by atoms with E-state index < -0.39 is 42.7 Å². The fourth-order valence-corrected chi connectivity index (χ4v) is 9.62. The third-order valence-corrected chi connectivity index (χ3v) is 13.1. The molecule has 4 amide bonds. The number of carbonyl (C=O) groups is 6. The van der Waals surface area contributed by atoms with Crippen molar-refractivity contribution < 1.29 is 62.3 Å². The number of amides is 4. The van der Waals surface area contributed by atoms with Gasteiger partial charge in [-0.2, -0.15) is 0 Å². The van der Waals surface area contributed by atoms with Crippen LogP contribution in [0.4, 0.5) is 21.0 Å². The topological polar surface area (TPSA) is 191 Å². The van der Waals surface area contributed by atoms with Gasteiger partial charge < -0.3 is 48.1 Å². The number of hydrogen-bond donors (Lipinski definition) is 1. The number of carboxylic acid groups (broad SMARTS) is 1. The van der Waals surface area contributed by atoms with Gasteiger partial charge in [-0.15, -0.1) is 0 Å². The Balaban J connectivity index is 0.000000211. The summed E-state index contributed by atoms with van der Waals surface area (Å²) in [7, 11) is 3.03. The van der Waals surface area contributed by atoms with E-state index in [2.05, 4.69) is 13.2 Å². The quantitative estimate of drug-likeness (QED) is 0.0833. The number of rotatable bonds is 16. The van der Waals surface area contributed by atoms with Crippen LogP contribution in [-0.4, -0.2) is 116 Å². The van der Waals surface area contributed by atoms with Crippen LogP contribution in [0.3, 0.4) is 0 Å². The Morgan fingerprint density at radius 1 is 0.639 bits per heavy atom. The van der Waals surface area contributed by atoms with Gasteiger partial charge in [0, 0.05) is 52.3 Å². The van der Waals surface area contributed by atoms with Crippen molar-refractivity contribution in [1.82, 2.24) is 9.80 Å². The van der Waals surface area contributed by atoms with Crippen LogP contribution in [-0.2, 0) is 54.5 Å². The number of carboxylic acids is 1. The molecule has 0 saturated heterocycles. The summed E-state index contributed by atoms with van der Waals surface area (Å²) in [5.41, 5.74) is 7.19. The van der Waals surface area contributed by atoms with Gasteiger partial charge in [-0.05, 0) is 92.0 Å². The minimum atomic E-state index is -0.903. The van der Waals surface area contributed by atoms with Crippen molar-refractivity contribution in [3.8, 4) is 11.5 Å². The maximum absolute atomic E-state index is 13.9. The second kappa shape index (κ2) is 23.6. The Kier molecular flexibility index (Phi) is 17.2. The maximum atomic E-state index is 13.9. The Bertz CT molecular complexity index is 2540. The highest BCUT2D eigenvalue weighted by Gasteiger charge is 2.48. The van der Waals surface area contributed by atoms with Gasteiger partial charge in [0.1, 0.15) is 30.5 Å². The first kappa shape index (κ1) is 52.3. The van der Waals surface area contributed by atoms with Gasteiger partial charge >= 0.3 is 18.2 Å². The number of methoxy groups -OCH3 is 2. The molecule has 17 nitrogen and oxygen atoms in total. The Morgan fingerprint density at radius 2 is 1.04 bits per heavy atom. The summed E-state index contributed by atoms with van der Waals surface area (Å²) in [6, 6.07) is 21.8. The SMILES string of the molecule is C=CCOC(=O)N1c2cc(OCCCC(=O)O)c(C)cc2C(=O)N2Cc3ccccc3C[C@H]2C1OC.C=CCOC(=O)N1c2cc(OCCCC(C)=O)c(C)cc2C(=O)N2Cc3ccccc3C[C@H]2C1OC. The lowest BCUT2D eigenvalue weighted by Gasteiger charge is -2.41. The molecule has 0 saturated carbocycles. The molecule has 0 spiro atoms. The molecule has 17 heteroatoms. The highest BCUT2D eigenvalue weighted by atomic mass is 16.6. The average Bonchev–Trinajstić information content (AvgIpc) is 3.53. The summed E-state index contributed by atoms with van der Waals surface area (Å²) in [4.78, 5) is 83.0. The highest BCUT2D eigenvalue weighted by Crippen LogP contribution is 2.42. The molecule has 4 atom stereocenters. The van der Waals surface area contributed by atoms with E-state index in [4.69, 9.17) is 33.5 Å². The second-order valence-corrected chi connectivity index (χ2v) is 17.9. The summed E-state index contributed by atoms with van der Waals surface area (Å²) >= 11 is 0. The molecule has 8 rings (SSSR count). The van der Waals surface area contributed by atoms with Crippen LogP contribution in [0.1, 0.15) is 86.7 Å². The molecule has 0 fully saturated rings. The first-order valence-electron chi connectivity index (χ1n) is 23.9. The molecular formula is C55H62N4O13. The van der Waals surface area contributed by atoms with Gasteiger partial charge in [-0.25, -0.2) is 19.4 Å². The van der Waals surface area contributed by atoms with E-state index in [1.807, 2.05) is 62.4 Å². The molecule has 4 heterocycles. The number of aryl methyl sites for hydroxylation is 2. The molecule has 2 unspecified atom stereocenters. The minimum absolute atomic E-state index is 0.00330. The lowest BCUT2D eigenvalue weighted by molar-refractivity contribution is -0.137. The summed E-state index contributed by atoms with van der Waals surface area (Å²) in [6.07, 6.45) is 2.40. The summed E-state index contributed by atoms with van der Waals surface area (Å²) in [6.45, 7) is 13.8. The van der Waals surface area contributed by atoms with E-state index in [1.165, 1.54) is 36.2 Å². The van der Waals surface area contributed by atoms with Crippen molar-refractivity contribution in [3.63, 3.8) is 0 Å². The first-order valence-corrected chi connectivity index (χ1v) is 23.9. The van der Waals surface area contributed by atoms with Crippen molar-refractivity contribution in [3.05, 3.63) is 143 Å². The number of benzene rings is 4. The van der Waals surface area contributed by atoms with E-state index >= 15 is 0 Å². The van der Waals surface area contributed by atoms with Gasteiger partial charge in [0.15, 0.2) is 12.5 Å². The number of fused-ring (bicyclic) bond motifs is 6. The number of hydrogen-bond acceptors (Lipinski definition) is 12. The van der Waals surface area contributed by atoms with Crippen LogP contribution in [0.25, 0.3) is 0 Å². The second-order valence-electron chi connectivity index (χ2n) is 17.9. The molecule has 1 N–H and O–H groups in total. The number of carbonyl (C=O) groups excluding carboxylic acids is 5. The molecular weight excluding hydrogens is 925 g/mol. The van der Waals surface area contributed by atoms with Gasteiger partial charge in [-0.1, -0.05) is 73.8 Å². The van der Waals surface area contributed by atoms with Crippen molar-refractivity contribution >= 4 is 47.1 Å². The molecule has 4 aromatic carbocycles.